The van der Waals surface area contributed by atoms with E-state index in [0.717, 1.165) is 56.5 Å². The van der Waals surface area contributed by atoms with Gasteiger partial charge in [0, 0.05) is 51.7 Å². The molecular weight excluding hydrogens is 348 g/mol. The Morgan fingerprint density at radius 3 is 2.70 bits per heavy atom. The molecule has 2 atom stereocenters. The summed E-state index contributed by atoms with van der Waals surface area (Å²) in [4.78, 5) is 17.0. The maximum Gasteiger partial charge on any atom is 0.231 e. The first-order chi connectivity index (χ1) is 13.2. The number of benzene rings is 1. The van der Waals surface area contributed by atoms with Crippen LogP contribution < -0.4 is 9.47 Å². The Morgan fingerprint density at radius 1 is 1.11 bits per heavy atom. The quantitative estimate of drug-likeness (QED) is 0.790. The van der Waals surface area contributed by atoms with Gasteiger partial charge in [0.25, 0.3) is 0 Å². The van der Waals surface area contributed by atoms with Gasteiger partial charge in [0.1, 0.15) is 0 Å². The van der Waals surface area contributed by atoms with Gasteiger partial charge in [-0.05, 0) is 30.0 Å². The number of fused-ring (bicyclic) bond motifs is 1. The molecule has 1 aromatic carbocycles. The van der Waals surface area contributed by atoms with E-state index in [4.69, 9.17) is 14.2 Å². The monoisotopic (exact) mass is 376 g/mol. The van der Waals surface area contributed by atoms with Gasteiger partial charge in [0.2, 0.25) is 12.7 Å². The predicted molar refractivity (Wildman–Crippen MR) is 98.8 cm³/mol. The van der Waals surface area contributed by atoms with Crippen molar-refractivity contribution in [1.29, 1.82) is 0 Å². The van der Waals surface area contributed by atoms with Crippen LogP contribution in [0.4, 0.5) is 0 Å². The van der Waals surface area contributed by atoms with Gasteiger partial charge in [0.05, 0.1) is 13.2 Å². The fraction of sp³-hybridized carbons (Fsp3) is 0.650. The number of amides is 1. The summed E-state index contributed by atoms with van der Waals surface area (Å²) in [7, 11) is 0. The maximum absolute atomic E-state index is 12.7. The number of aliphatic hydroxyl groups is 1. The average Bonchev–Trinajstić information content (AvgIpc) is 3.33. The van der Waals surface area contributed by atoms with Gasteiger partial charge >= 0.3 is 0 Å². The van der Waals surface area contributed by atoms with Gasteiger partial charge in [-0.15, -0.1) is 0 Å². The van der Waals surface area contributed by atoms with E-state index >= 15 is 0 Å². The van der Waals surface area contributed by atoms with E-state index in [1.54, 1.807) is 0 Å². The number of likely N-dealkylation sites (tertiary alicyclic amines) is 1. The van der Waals surface area contributed by atoms with Gasteiger partial charge in [0.15, 0.2) is 11.5 Å². The summed E-state index contributed by atoms with van der Waals surface area (Å²) in [6.45, 7) is 6.15. The second kappa shape index (κ2) is 8.46. The maximum atomic E-state index is 12.7. The molecule has 7 heteroatoms. The van der Waals surface area contributed by atoms with Crippen molar-refractivity contribution in [3.05, 3.63) is 23.8 Å². The molecule has 0 spiro atoms. The standard InChI is InChI=1S/C20H28N2O5/c23-13-17-12-22(11-16(17)10-21-5-7-25-8-6-21)20(24)4-2-15-1-3-18-19(9-15)27-14-26-18/h1,3,9,16-17,23H,2,4-8,10-14H2/t16-,17-/m1/s1. The summed E-state index contributed by atoms with van der Waals surface area (Å²) in [5.41, 5.74) is 1.08. The molecule has 7 nitrogen and oxygen atoms in total. The molecule has 1 amide bonds. The first-order valence-electron chi connectivity index (χ1n) is 9.80. The average molecular weight is 376 g/mol. The largest absolute Gasteiger partial charge is 0.454 e. The zero-order chi connectivity index (χ0) is 18.6. The van der Waals surface area contributed by atoms with E-state index in [1.165, 1.54) is 0 Å². The molecule has 148 valence electrons. The number of aryl methyl sites for hydroxylation is 1. The third-order valence-corrected chi connectivity index (χ3v) is 5.82. The number of hydrogen-bond donors (Lipinski definition) is 1. The lowest BCUT2D eigenvalue weighted by Gasteiger charge is -2.30. The summed E-state index contributed by atoms with van der Waals surface area (Å²) in [5.74, 6) is 2.19. The van der Waals surface area contributed by atoms with Crippen molar-refractivity contribution in [3.63, 3.8) is 0 Å². The molecule has 0 radical (unpaired) electrons. The van der Waals surface area contributed by atoms with Gasteiger partial charge in [-0.3, -0.25) is 9.69 Å². The molecule has 1 aromatic rings. The molecule has 27 heavy (non-hydrogen) atoms. The molecule has 0 bridgehead atoms. The van der Waals surface area contributed by atoms with E-state index in [1.807, 2.05) is 23.1 Å². The zero-order valence-electron chi connectivity index (χ0n) is 15.6. The van der Waals surface area contributed by atoms with Crippen LogP contribution in [0, 0.1) is 11.8 Å². The smallest absolute Gasteiger partial charge is 0.231 e. The number of nitrogens with zero attached hydrogens (tertiary/aromatic N) is 2. The molecule has 3 aliphatic rings. The number of rotatable bonds is 6. The SMILES string of the molecule is O=C(CCc1ccc2c(c1)OCO2)N1C[C@@H](CN2CCOCC2)[C@@H](CO)C1. The highest BCUT2D eigenvalue weighted by Crippen LogP contribution is 2.33. The second-order valence-corrected chi connectivity index (χ2v) is 7.60. The fourth-order valence-electron chi connectivity index (χ4n) is 4.18. The Hall–Kier alpha value is -1.83. The highest BCUT2D eigenvalue weighted by molar-refractivity contribution is 5.76. The summed E-state index contributed by atoms with van der Waals surface area (Å²) in [6.07, 6.45) is 1.16. The lowest BCUT2D eigenvalue weighted by atomic mass is 9.96. The van der Waals surface area contributed by atoms with Crippen LogP contribution in [-0.2, 0) is 16.0 Å². The molecule has 0 aliphatic carbocycles. The van der Waals surface area contributed by atoms with E-state index in [9.17, 15) is 9.90 Å². The molecule has 2 fully saturated rings. The van der Waals surface area contributed by atoms with Crippen molar-refractivity contribution in [2.75, 3.05) is 59.3 Å². The lowest BCUT2D eigenvalue weighted by Crippen LogP contribution is -2.41. The molecule has 1 N–H and O–H groups in total. The van der Waals surface area contributed by atoms with Crippen LogP contribution in [0.3, 0.4) is 0 Å². The molecule has 4 rings (SSSR count). The number of morpholine rings is 1. The topological polar surface area (TPSA) is 71.5 Å². The molecule has 3 aliphatic heterocycles. The van der Waals surface area contributed by atoms with E-state index < -0.39 is 0 Å². The van der Waals surface area contributed by atoms with E-state index in [2.05, 4.69) is 4.90 Å². The van der Waals surface area contributed by atoms with Crippen LogP contribution in [-0.4, -0.2) is 80.2 Å². The molecular formula is C20H28N2O5. The van der Waals surface area contributed by atoms with Crippen molar-refractivity contribution >= 4 is 5.91 Å². The number of hydrogen-bond acceptors (Lipinski definition) is 6. The van der Waals surface area contributed by atoms with Gasteiger partial charge in [-0.25, -0.2) is 0 Å². The molecule has 0 aromatic heterocycles. The van der Waals surface area contributed by atoms with Crippen LogP contribution in [0.5, 0.6) is 11.5 Å². The van der Waals surface area contributed by atoms with Crippen molar-refractivity contribution in [2.24, 2.45) is 11.8 Å². The molecule has 3 heterocycles. The first kappa shape index (κ1) is 18.5. The van der Waals surface area contributed by atoms with Crippen molar-refractivity contribution in [3.8, 4) is 11.5 Å². The third-order valence-electron chi connectivity index (χ3n) is 5.82. The number of carbonyl (C=O) groups excluding carboxylic acids is 1. The fourth-order valence-corrected chi connectivity index (χ4v) is 4.18. The Balaban J connectivity index is 1.29. The number of carbonyl (C=O) groups is 1. The lowest BCUT2D eigenvalue weighted by molar-refractivity contribution is -0.130. The van der Waals surface area contributed by atoms with Crippen LogP contribution >= 0.6 is 0 Å². The Labute approximate surface area is 159 Å². The summed E-state index contributed by atoms with van der Waals surface area (Å²) in [6, 6.07) is 5.85. The van der Waals surface area contributed by atoms with Crippen molar-refractivity contribution < 1.29 is 24.1 Å². The normalized spacial score (nSPS) is 25.1. The Morgan fingerprint density at radius 2 is 1.89 bits per heavy atom. The van der Waals surface area contributed by atoms with Crippen LogP contribution in [0.1, 0.15) is 12.0 Å². The highest BCUT2D eigenvalue weighted by Gasteiger charge is 2.35. The number of aliphatic hydroxyl groups excluding tert-OH is 1. The second-order valence-electron chi connectivity index (χ2n) is 7.60. The summed E-state index contributed by atoms with van der Waals surface area (Å²) in [5, 5.41) is 9.76. The van der Waals surface area contributed by atoms with Crippen molar-refractivity contribution in [1.82, 2.24) is 9.80 Å². The van der Waals surface area contributed by atoms with Gasteiger partial charge in [-0.2, -0.15) is 0 Å². The first-order valence-corrected chi connectivity index (χ1v) is 9.80. The summed E-state index contributed by atoms with van der Waals surface area (Å²) < 4.78 is 16.1. The van der Waals surface area contributed by atoms with Crippen LogP contribution in [0.15, 0.2) is 18.2 Å². The minimum atomic E-state index is 0.140. The Bertz CT molecular complexity index is 662. The summed E-state index contributed by atoms with van der Waals surface area (Å²) >= 11 is 0. The Kier molecular flexibility index (Phi) is 5.80. The minimum absolute atomic E-state index is 0.140. The van der Waals surface area contributed by atoms with Gasteiger partial charge in [-0.1, -0.05) is 6.07 Å². The van der Waals surface area contributed by atoms with Crippen molar-refractivity contribution in [2.45, 2.75) is 12.8 Å². The highest BCUT2D eigenvalue weighted by atomic mass is 16.7. The minimum Gasteiger partial charge on any atom is -0.454 e. The predicted octanol–water partition coefficient (Wildman–Crippen LogP) is 0.747. The molecule has 2 saturated heterocycles. The van der Waals surface area contributed by atoms with Crippen LogP contribution in [0.2, 0.25) is 0 Å². The molecule has 0 unspecified atom stereocenters. The third kappa shape index (κ3) is 4.36. The van der Waals surface area contributed by atoms with E-state index in [-0.39, 0.29) is 25.2 Å². The zero-order valence-corrected chi connectivity index (χ0v) is 15.6. The van der Waals surface area contributed by atoms with E-state index in [0.29, 0.717) is 25.3 Å². The number of ether oxygens (including phenoxy) is 3. The van der Waals surface area contributed by atoms with Crippen LogP contribution in [0.25, 0.3) is 0 Å². The van der Waals surface area contributed by atoms with Gasteiger partial charge < -0.3 is 24.2 Å². The molecule has 0 saturated carbocycles.